The van der Waals surface area contributed by atoms with Crippen molar-refractivity contribution in [1.82, 2.24) is 19.4 Å². The first-order chi connectivity index (χ1) is 17.9. The maximum absolute atomic E-state index is 15.2. The van der Waals surface area contributed by atoms with Gasteiger partial charge in [-0.25, -0.2) is 9.37 Å². The van der Waals surface area contributed by atoms with Crippen LogP contribution in [0.3, 0.4) is 0 Å². The number of hydrogen-bond donors (Lipinski definition) is 1. The Morgan fingerprint density at radius 1 is 1.03 bits per heavy atom. The number of halogens is 2. The van der Waals surface area contributed by atoms with Gasteiger partial charge in [-0.2, -0.15) is 9.37 Å². The number of fused-ring (bicyclic) bond motifs is 1. The molecule has 0 spiro atoms. The van der Waals surface area contributed by atoms with Crippen molar-refractivity contribution in [2.45, 2.75) is 20.8 Å². The molecule has 5 rings (SSSR count). The quantitative estimate of drug-likeness (QED) is 0.378. The number of carbonyl (C=O) groups excluding carboxylic acids is 1. The topological polar surface area (TPSA) is 75.5 Å². The van der Waals surface area contributed by atoms with E-state index in [4.69, 9.17) is 4.74 Å². The van der Waals surface area contributed by atoms with Crippen LogP contribution in [-0.4, -0.2) is 58.1 Å². The molecule has 0 saturated carbocycles. The maximum atomic E-state index is 15.2. The second-order valence-corrected chi connectivity index (χ2v) is 8.99. The molecule has 0 radical (unpaired) electrons. The Morgan fingerprint density at radius 3 is 2.43 bits per heavy atom. The zero-order valence-corrected chi connectivity index (χ0v) is 21.0. The van der Waals surface area contributed by atoms with Crippen LogP contribution < -0.4 is 15.0 Å². The fourth-order valence-corrected chi connectivity index (χ4v) is 4.69. The van der Waals surface area contributed by atoms with E-state index in [9.17, 15) is 4.79 Å². The third kappa shape index (κ3) is 4.84. The lowest BCUT2D eigenvalue weighted by molar-refractivity contribution is 0.0939. The zero-order chi connectivity index (χ0) is 26.1. The maximum Gasteiger partial charge on any atom is 0.261 e. The molecule has 10 heteroatoms. The van der Waals surface area contributed by atoms with Gasteiger partial charge in [0.05, 0.1) is 5.52 Å². The van der Waals surface area contributed by atoms with Crippen LogP contribution in [0.15, 0.2) is 48.8 Å². The number of aryl methyl sites for hydroxylation is 1. The average molecular weight is 507 g/mol. The Bertz CT molecular complexity index is 1450. The number of nitrogens with zero attached hydrogens (tertiary/aromatic N) is 5. The molecule has 0 amide bonds. The summed E-state index contributed by atoms with van der Waals surface area (Å²) in [7, 11) is 0. The van der Waals surface area contributed by atoms with Crippen LogP contribution in [0.2, 0.25) is 0 Å². The second kappa shape index (κ2) is 10.1. The second-order valence-electron chi connectivity index (χ2n) is 8.99. The Balaban J connectivity index is 1.33. The van der Waals surface area contributed by atoms with E-state index in [1.54, 1.807) is 19.1 Å². The minimum atomic E-state index is -0.848. The number of rotatable bonds is 6. The third-order valence-corrected chi connectivity index (χ3v) is 6.66. The van der Waals surface area contributed by atoms with E-state index < -0.39 is 17.5 Å². The van der Waals surface area contributed by atoms with Crippen LogP contribution in [0.25, 0.3) is 10.9 Å². The van der Waals surface area contributed by atoms with Crippen molar-refractivity contribution in [3.8, 4) is 11.6 Å². The van der Waals surface area contributed by atoms with Crippen LogP contribution in [0.1, 0.15) is 24.3 Å². The van der Waals surface area contributed by atoms with Crippen LogP contribution in [0.4, 0.5) is 26.0 Å². The minimum absolute atomic E-state index is 0.0885. The molecule has 0 aliphatic carbocycles. The summed E-state index contributed by atoms with van der Waals surface area (Å²) < 4.78 is 37.3. The van der Waals surface area contributed by atoms with E-state index in [1.165, 1.54) is 17.6 Å². The number of carbonyl (C=O) groups is 1. The van der Waals surface area contributed by atoms with Gasteiger partial charge in [0.1, 0.15) is 6.33 Å². The fourth-order valence-electron chi connectivity index (χ4n) is 4.69. The van der Waals surface area contributed by atoms with Gasteiger partial charge in [0, 0.05) is 55.6 Å². The number of anilines is 3. The number of hydrogen-bond acceptors (Lipinski definition) is 7. The summed E-state index contributed by atoms with van der Waals surface area (Å²) >= 11 is 0. The summed E-state index contributed by atoms with van der Waals surface area (Å²) in [5.41, 5.74) is 2.75. The molecule has 1 saturated heterocycles. The lowest BCUT2D eigenvalue weighted by Gasteiger charge is -2.35. The first-order valence-corrected chi connectivity index (χ1v) is 12.2. The highest BCUT2D eigenvalue weighted by molar-refractivity contribution is 5.93. The molecule has 1 aliphatic rings. The summed E-state index contributed by atoms with van der Waals surface area (Å²) in [6.45, 7) is 10.3. The predicted octanol–water partition coefficient (Wildman–Crippen LogP) is 5.36. The molecule has 3 heterocycles. The van der Waals surface area contributed by atoms with Gasteiger partial charge in [0.2, 0.25) is 11.7 Å². The van der Waals surface area contributed by atoms with E-state index in [2.05, 4.69) is 32.0 Å². The third-order valence-electron chi connectivity index (χ3n) is 6.66. The van der Waals surface area contributed by atoms with Gasteiger partial charge in [-0.05, 0) is 55.9 Å². The van der Waals surface area contributed by atoms with Crippen LogP contribution >= 0.6 is 0 Å². The van der Waals surface area contributed by atoms with Crippen LogP contribution in [0, 0.1) is 18.6 Å². The Hall–Kier alpha value is -4.05. The highest BCUT2D eigenvalue weighted by Crippen LogP contribution is 2.33. The van der Waals surface area contributed by atoms with Crippen molar-refractivity contribution in [3.05, 3.63) is 66.1 Å². The molecular formula is C27H28F2N6O2. The Labute approximate surface area is 213 Å². The Morgan fingerprint density at radius 2 is 1.76 bits per heavy atom. The molecule has 0 unspecified atom stereocenters. The zero-order valence-electron chi connectivity index (χ0n) is 21.0. The smallest absolute Gasteiger partial charge is 0.261 e. The number of nitrogens with one attached hydrogen (secondary N) is 1. The molecule has 0 atom stereocenters. The van der Waals surface area contributed by atoms with Gasteiger partial charge in [0.25, 0.3) is 5.88 Å². The van der Waals surface area contributed by atoms with Gasteiger partial charge >= 0.3 is 0 Å². The van der Waals surface area contributed by atoms with Crippen molar-refractivity contribution < 1.29 is 18.3 Å². The van der Waals surface area contributed by atoms with Gasteiger partial charge in [-0.15, -0.1) is 0 Å². The first-order valence-electron chi connectivity index (χ1n) is 12.2. The predicted molar refractivity (Wildman–Crippen MR) is 139 cm³/mol. The van der Waals surface area contributed by atoms with Crippen molar-refractivity contribution in [1.29, 1.82) is 0 Å². The standard InChI is InChI=1S/C27H28F2N6O2/c1-4-33-11-13-34(14-12-33)20-7-5-19(6-8-20)32-26-25(29)27(31-16-30-26)37-23-10-9-22-21(24(23)28)15-17(2)35(22)18(3)36/h5-10,15-16H,4,11-14H2,1-3H3,(H,30,31,32). The van der Waals surface area contributed by atoms with E-state index in [-0.39, 0.29) is 22.9 Å². The van der Waals surface area contributed by atoms with Crippen molar-refractivity contribution >= 4 is 34.0 Å². The lowest BCUT2D eigenvalue weighted by atomic mass is 10.2. The van der Waals surface area contributed by atoms with E-state index in [1.807, 2.05) is 24.3 Å². The molecule has 2 aromatic heterocycles. The SMILES string of the molecule is CCN1CCN(c2ccc(Nc3ncnc(Oc4ccc5c(cc(C)n5C(C)=O)c4F)c3F)cc2)CC1. The molecule has 8 nitrogen and oxygen atoms in total. The summed E-state index contributed by atoms with van der Waals surface area (Å²) in [5.74, 6) is -2.49. The van der Waals surface area contributed by atoms with E-state index in [0.717, 1.165) is 44.7 Å². The molecule has 1 N–H and O–H groups in total. The first kappa shape index (κ1) is 24.6. The molecule has 192 valence electrons. The molecule has 4 aromatic rings. The lowest BCUT2D eigenvalue weighted by Crippen LogP contribution is -2.46. The summed E-state index contributed by atoms with van der Waals surface area (Å²) in [5, 5.41) is 3.15. The van der Waals surface area contributed by atoms with Gasteiger partial charge in [-0.1, -0.05) is 6.92 Å². The molecule has 0 bridgehead atoms. The highest BCUT2D eigenvalue weighted by Gasteiger charge is 2.20. The number of piperazine rings is 1. The van der Waals surface area contributed by atoms with Crippen molar-refractivity contribution in [2.75, 3.05) is 42.9 Å². The number of aromatic nitrogens is 3. The fraction of sp³-hybridized carbons (Fsp3) is 0.296. The summed E-state index contributed by atoms with van der Waals surface area (Å²) in [6, 6.07) is 12.2. The summed E-state index contributed by atoms with van der Waals surface area (Å²) in [6.07, 6.45) is 1.15. The number of ether oxygens (including phenoxy) is 1. The average Bonchev–Trinajstić information content (AvgIpc) is 3.25. The normalized spacial score (nSPS) is 14.2. The van der Waals surface area contributed by atoms with Crippen molar-refractivity contribution in [2.24, 2.45) is 0 Å². The van der Waals surface area contributed by atoms with E-state index in [0.29, 0.717) is 16.9 Å². The van der Waals surface area contributed by atoms with Crippen LogP contribution in [-0.2, 0) is 0 Å². The van der Waals surface area contributed by atoms with Gasteiger partial charge < -0.3 is 19.9 Å². The molecule has 1 fully saturated rings. The van der Waals surface area contributed by atoms with Crippen molar-refractivity contribution in [3.63, 3.8) is 0 Å². The monoisotopic (exact) mass is 506 g/mol. The Kier molecular flexibility index (Phi) is 6.75. The number of benzene rings is 2. The summed E-state index contributed by atoms with van der Waals surface area (Å²) in [4.78, 5) is 24.5. The highest BCUT2D eigenvalue weighted by atomic mass is 19.1. The van der Waals surface area contributed by atoms with E-state index >= 15 is 8.78 Å². The largest absolute Gasteiger partial charge is 0.433 e. The molecule has 37 heavy (non-hydrogen) atoms. The van der Waals surface area contributed by atoms with Gasteiger partial charge in [0.15, 0.2) is 17.4 Å². The minimum Gasteiger partial charge on any atom is -0.433 e. The molecule has 2 aromatic carbocycles. The number of likely N-dealkylation sites (N-methyl/N-ethyl adjacent to an activating group) is 1. The molecule has 1 aliphatic heterocycles. The molecular weight excluding hydrogens is 478 g/mol. The van der Waals surface area contributed by atoms with Crippen LogP contribution in [0.5, 0.6) is 11.6 Å². The van der Waals surface area contributed by atoms with Gasteiger partial charge in [-0.3, -0.25) is 9.36 Å².